The van der Waals surface area contributed by atoms with Gasteiger partial charge in [-0.2, -0.15) is 0 Å². The van der Waals surface area contributed by atoms with Crippen LogP contribution >= 0.6 is 24.0 Å². The quantitative estimate of drug-likeness (QED) is 0.793. The number of hydrogen-bond donors (Lipinski definition) is 0. The zero-order chi connectivity index (χ0) is 11.4. The molecule has 94 valence electrons. The average molecular weight is 276 g/mol. The molecule has 1 fully saturated rings. The summed E-state index contributed by atoms with van der Waals surface area (Å²) in [4.78, 5) is 14.0. The van der Waals surface area contributed by atoms with Crippen LogP contribution in [0.25, 0.3) is 0 Å². The van der Waals surface area contributed by atoms with Crippen LogP contribution in [-0.2, 0) is 4.74 Å². The number of carbonyl (C=O) groups is 1. The molecule has 5 heteroatoms. The van der Waals surface area contributed by atoms with Crippen molar-refractivity contribution >= 4 is 29.8 Å². The predicted octanol–water partition coefficient (Wildman–Crippen LogP) is 2.28. The number of ketones is 1. The first-order valence-corrected chi connectivity index (χ1v) is 5.72. The Bertz CT molecular complexity index is 379. The summed E-state index contributed by atoms with van der Waals surface area (Å²) in [5.41, 5.74) is 0.680. The second kappa shape index (κ2) is 6.97. The van der Waals surface area contributed by atoms with E-state index in [9.17, 15) is 4.79 Å². The van der Waals surface area contributed by atoms with Gasteiger partial charge in [0.1, 0.15) is 0 Å². The highest BCUT2D eigenvalue weighted by Gasteiger charge is 2.15. The maximum Gasteiger partial charge on any atom is 0.176 e. The van der Waals surface area contributed by atoms with Crippen molar-refractivity contribution in [1.29, 1.82) is 0 Å². The molecule has 1 aliphatic heterocycles. The standard InChI is InChI=1S/C12H14ClNO2.ClH/c13-11-3-1-2-10(8-11)12(15)9-14-4-6-16-7-5-14;/h1-3,8H,4-7,9H2;1H. The zero-order valence-electron chi connectivity index (χ0n) is 9.39. The van der Waals surface area contributed by atoms with Crippen molar-refractivity contribution in [2.45, 2.75) is 0 Å². The fourth-order valence-corrected chi connectivity index (χ4v) is 1.91. The Hall–Kier alpha value is -0.610. The molecule has 0 saturated carbocycles. The van der Waals surface area contributed by atoms with Crippen molar-refractivity contribution in [3.8, 4) is 0 Å². The first kappa shape index (κ1) is 14.5. The fraction of sp³-hybridized carbons (Fsp3) is 0.417. The minimum absolute atomic E-state index is 0. The number of nitrogens with zero attached hydrogens (tertiary/aromatic N) is 1. The van der Waals surface area contributed by atoms with E-state index in [0.717, 1.165) is 13.1 Å². The Labute approximate surface area is 112 Å². The molecule has 0 amide bonds. The van der Waals surface area contributed by atoms with E-state index in [-0.39, 0.29) is 18.2 Å². The Kier molecular flexibility index (Phi) is 5.92. The molecule has 17 heavy (non-hydrogen) atoms. The number of hydrogen-bond acceptors (Lipinski definition) is 3. The summed E-state index contributed by atoms with van der Waals surface area (Å²) in [5, 5.41) is 0.604. The molecule has 0 aliphatic carbocycles. The third kappa shape index (κ3) is 4.28. The molecule has 1 aromatic carbocycles. The molecule has 2 rings (SSSR count). The van der Waals surface area contributed by atoms with Crippen LogP contribution in [0.1, 0.15) is 10.4 Å². The summed E-state index contributed by atoms with van der Waals surface area (Å²) in [6.07, 6.45) is 0. The van der Waals surface area contributed by atoms with Gasteiger partial charge in [-0.25, -0.2) is 0 Å². The molecule has 0 spiro atoms. The summed E-state index contributed by atoms with van der Waals surface area (Å²) in [5.74, 6) is 0.115. The van der Waals surface area contributed by atoms with E-state index in [1.807, 2.05) is 0 Å². The zero-order valence-corrected chi connectivity index (χ0v) is 11.0. The molecule has 3 nitrogen and oxygen atoms in total. The molecule has 0 atom stereocenters. The number of ether oxygens (including phenoxy) is 1. The third-order valence-corrected chi connectivity index (χ3v) is 2.85. The van der Waals surface area contributed by atoms with Gasteiger partial charge in [0.2, 0.25) is 0 Å². The van der Waals surface area contributed by atoms with Crippen LogP contribution in [-0.4, -0.2) is 43.5 Å². The van der Waals surface area contributed by atoms with E-state index in [1.54, 1.807) is 24.3 Å². The Morgan fingerprint density at radius 3 is 2.71 bits per heavy atom. The minimum Gasteiger partial charge on any atom is -0.379 e. The summed E-state index contributed by atoms with van der Waals surface area (Å²) in [7, 11) is 0. The topological polar surface area (TPSA) is 29.5 Å². The maximum atomic E-state index is 11.9. The summed E-state index contributed by atoms with van der Waals surface area (Å²) < 4.78 is 5.23. The SMILES string of the molecule is Cl.O=C(CN1CCOCC1)c1cccc(Cl)c1. The van der Waals surface area contributed by atoms with Crippen molar-refractivity contribution in [3.05, 3.63) is 34.9 Å². The predicted molar refractivity (Wildman–Crippen MR) is 70.3 cm³/mol. The highest BCUT2D eigenvalue weighted by atomic mass is 35.5. The molecule has 0 aromatic heterocycles. The van der Waals surface area contributed by atoms with E-state index in [0.29, 0.717) is 30.3 Å². The molecule has 1 heterocycles. The Morgan fingerprint density at radius 1 is 1.35 bits per heavy atom. The van der Waals surface area contributed by atoms with Crippen LogP contribution in [0.4, 0.5) is 0 Å². The van der Waals surface area contributed by atoms with Crippen LogP contribution < -0.4 is 0 Å². The molecule has 0 unspecified atom stereocenters. The van der Waals surface area contributed by atoms with Crippen molar-refractivity contribution in [2.24, 2.45) is 0 Å². The monoisotopic (exact) mass is 275 g/mol. The molecule has 0 radical (unpaired) electrons. The molecular formula is C12H15Cl2NO2. The molecule has 1 saturated heterocycles. The van der Waals surface area contributed by atoms with Crippen molar-refractivity contribution < 1.29 is 9.53 Å². The van der Waals surface area contributed by atoms with Gasteiger partial charge in [-0.1, -0.05) is 23.7 Å². The highest BCUT2D eigenvalue weighted by molar-refractivity contribution is 6.31. The minimum atomic E-state index is 0. The van der Waals surface area contributed by atoms with Gasteiger partial charge in [0.15, 0.2) is 5.78 Å². The van der Waals surface area contributed by atoms with Gasteiger partial charge >= 0.3 is 0 Å². The van der Waals surface area contributed by atoms with E-state index in [4.69, 9.17) is 16.3 Å². The number of benzene rings is 1. The average Bonchev–Trinajstić information content (AvgIpc) is 2.30. The van der Waals surface area contributed by atoms with Crippen molar-refractivity contribution in [2.75, 3.05) is 32.8 Å². The summed E-state index contributed by atoms with van der Waals surface area (Å²) >= 11 is 5.85. The fourth-order valence-electron chi connectivity index (χ4n) is 1.72. The number of Topliss-reactive ketones (excluding diaryl/α,β-unsaturated/α-hetero) is 1. The number of carbonyl (C=O) groups excluding carboxylic acids is 1. The van der Waals surface area contributed by atoms with Gasteiger partial charge in [0.05, 0.1) is 19.8 Å². The van der Waals surface area contributed by atoms with Gasteiger partial charge in [-0.3, -0.25) is 9.69 Å². The van der Waals surface area contributed by atoms with E-state index in [2.05, 4.69) is 4.90 Å². The van der Waals surface area contributed by atoms with E-state index in [1.165, 1.54) is 0 Å². The first-order chi connectivity index (χ1) is 7.75. The molecular weight excluding hydrogens is 261 g/mol. The first-order valence-electron chi connectivity index (χ1n) is 5.34. The highest BCUT2D eigenvalue weighted by Crippen LogP contribution is 2.12. The van der Waals surface area contributed by atoms with Crippen LogP contribution in [0.5, 0.6) is 0 Å². The van der Waals surface area contributed by atoms with Crippen LogP contribution in [0.2, 0.25) is 5.02 Å². The second-order valence-electron chi connectivity index (χ2n) is 3.82. The lowest BCUT2D eigenvalue weighted by Crippen LogP contribution is -2.39. The molecule has 1 aromatic rings. The molecule has 1 aliphatic rings. The Balaban J connectivity index is 0.00000144. The third-order valence-electron chi connectivity index (χ3n) is 2.62. The number of halogens is 2. The maximum absolute atomic E-state index is 11.9. The van der Waals surface area contributed by atoms with Gasteiger partial charge in [0, 0.05) is 23.7 Å². The van der Waals surface area contributed by atoms with Crippen LogP contribution in [0.3, 0.4) is 0 Å². The Morgan fingerprint density at radius 2 is 2.06 bits per heavy atom. The van der Waals surface area contributed by atoms with E-state index < -0.39 is 0 Å². The summed E-state index contributed by atoms with van der Waals surface area (Å²) in [6, 6.07) is 7.08. The molecule has 0 N–H and O–H groups in total. The number of morpholine rings is 1. The normalized spacial score (nSPS) is 16.3. The lowest BCUT2D eigenvalue weighted by atomic mass is 10.1. The van der Waals surface area contributed by atoms with Crippen LogP contribution in [0.15, 0.2) is 24.3 Å². The van der Waals surface area contributed by atoms with Crippen LogP contribution in [0, 0.1) is 0 Å². The second-order valence-corrected chi connectivity index (χ2v) is 4.26. The van der Waals surface area contributed by atoms with Gasteiger partial charge in [-0.15, -0.1) is 12.4 Å². The van der Waals surface area contributed by atoms with E-state index >= 15 is 0 Å². The largest absolute Gasteiger partial charge is 0.379 e. The van der Waals surface area contributed by atoms with Crippen molar-refractivity contribution in [3.63, 3.8) is 0 Å². The lowest BCUT2D eigenvalue weighted by molar-refractivity contribution is 0.0371. The number of rotatable bonds is 3. The van der Waals surface area contributed by atoms with Gasteiger partial charge < -0.3 is 4.74 Å². The summed E-state index contributed by atoms with van der Waals surface area (Å²) in [6.45, 7) is 3.52. The lowest BCUT2D eigenvalue weighted by Gasteiger charge is -2.25. The molecule has 0 bridgehead atoms. The van der Waals surface area contributed by atoms with Gasteiger partial charge in [-0.05, 0) is 12.1 Å². The smallest absolute Gasteiger partial charge is 0.176 e. The van der Waals surface area contributed by atoms with Crippen molar-refractivity contribution in [1.82, 2.24) is 4.90 Å². The van der Waals surface area contributed by atoms with Gasteiger partial charge in [0.25, 0.3) is 0 Å².